The molecule has 0 bridgehead atoms. The molecule has 1 fully saturated rings. The molecule has 0 spiro atoms. The van der Waals surface area contributed by atoms with Crippen molar-refractivity contribution in [3.05, 3.63) is 35.7 Å². The summed E-state index contributed by atoms with van der Waals surface area (Å²) in [5, 5.41) is 4.93. The van der Waals surface area contributed by atoms with Gasteiger partial charge in [0.05, 0.1) is 6.54 Å². The lowest BCUT2D eigenvalue weighted by Crippen LogP contribution is -2.52. The van der Waals surface area contributed by atoms with E-state index in [9.17, 15) is 13.2 Å². The Morgan fingerprint density at radius 1 is 1.52 bits per heavy atom. The van der Waals surface area contributed by atoms with Crippen LogP contribution < -0.4 is 10.0 Å². The Balaban J connectivity index is 0.00000225. The Kier molecular flexibility index (Phi) is 6.58. The highest BCUT2D eigenvalue weighted by Gasteiger charge is 2.31. The molecule has 3 heterocycles. The van der Waals surface area contributed by atoms with Gasteiger partial charge in [0.15, 0.2) is 0 Å². The number of piperazine rings is 1. The zero-order chi connectivity index (χ0) is 17.2. The smallest absolute Gasteiger partial charge is 0.250 e. The number of nitrogens with zero attached hydrogens (tertiary/aromatic N) is 3. The van der Waals surface area contributed by atoms with Gasteiger partial charge in [-0.1, -0.05) is 6.07 Å². The number of carbonyl (C=O) groups excluding carboxylic acids is 1. The minimum absolute atomic E-state index is 0. The number of halogens is 1. The first kappa shape index (κ1) is 19.9. The van der Waals surface area contributed by atoms with Crippen LogP contribution in [0, 0.1) is 0 Å². The van der Waals surface area contributed by atoms with Crippen molar-refractivity contribution in [1.29, 1.82) is 0 Å². The van der Waals surface area contributed by atoms with Crippen LogP contribution in [0.1, 0.15) is 11.9 Å². The fraction of sp³-hybridized carbons (Fsp3) is 0.429. The summed E-state index contributed by atoms with van der Waals surface area (Å²) >= 11 is 1.12. The second-order valence-electron chi connectivity index (χ2n) is 5.46. The van der Waals surface area contributed by atoms with E-state index >= 15 is 0 Å². The first-order valence-corrected chi connectivity index (χ1v) is 9.86. The summed E-state index contributed by atoms with van der Waals surface area (Å²) in [5.74, 6) is 0.515. The van der Waals surface area contributed by atoms with Crippen LogP contribution in [0.3, 0.4) is 0 Å². The third-order valence-corrected chi connectivity index (χ3v) is 6.69. The van der Waals surface area contributed by atoms with Gasteiger partial charge in [-0.15, -0.1) is 23.7 Å². The number of hydrogen-bond donors (Lipinski definition) is 2. The Hall–Kier alpha value is -1.46. The number of aromatic nitrogens is 2. The first-order chi connectivity index (χ1) is 11.5. The highest BCUT2D eigenvalue weighted by molar-refractivity contribution is 7.91. The van der Waals surface area contributed by atoms with Gasteiger partial charge in [0.1, 0.15) is 16.1 Å². The Labute approximate surface area is 156 Å². The molecular formula is C14H20ClN5O3S2. The molecule has 0 aromatic carbocycles. The summed E-state index contributed by atoms with van der Waals surface area (Å²) in [6, 6.07) is 2.96. The summed E-state index contributed by atoms with van der Waals surface area (Å²) in [6.07, 6.45) is 3.51. The highest BCUT2D eigenvalue weighted by atomic mass is 35.5. The van der Waals surface area contributed by atoms with Crippen molar-refractivity contribution in [2.75, 3.05) is 26.2 Å². The summed E-state index contributed by atoms with van der Waals surface area (Å²) in [4.78, 5) is 18.6. The first-order valence-electron chi connectivity index (χ1n) is 7.49. The van der Waals surface area contributed by atoms with Crippen LogP contribution in [0.2, 0.25) is 0 Å². The molecule has 1 unspecified atom stereocenters. The highest BCUT2D eigenvalue weighted by Crippen LogP contribution is 2.20. The number of carbonyl (C=O) groups is 1. The third-order valence-electron chi connectivity index (χ3n) is 3.89. The predicted molar refractivity (Wildman–Crippen MR) is 97.3 cm³/mol. The lowest BCUT2D eigenvalue weighted by atomic mass is 10.1. The second-order valence-corrected chi connectivity index (χ2v) is 8.40. The molecule has 1 amide bonds. The zero-order valence-corrected chi connectivity index (χ0v) is 16.0. The van der Waals surface area contributed by atoms with Crippen molar-refractivity contribution < 1.29 is 13.2 Å². The average Bonchev–Trinajstić information content (AvgIpc) is 3.24. The number of rotatable bonds is 5. The van der Waals surface area contributed by atoms with Crippen molar-refractivity contribution in [3.8, 4) is 0 Å². The van der Waals surface area contributed by atoms with E-state index in [0.717, 1.165) is 17.2 Å². The van der Waals surface area contributed by atoms with E-state index in [-0.39, 0.29) is 35.1 Å². The summed E-state index contributed by atoms with van der Waals surface area (Å²) in [6.45, 7) is 1.51. The van der Waals surface area contributed by atoms with Crippen LogP contribution in [-0.4, -0.2) is 55.0 Å². The minimum atomic E-state index is -3.65. The lowest BCUT2D eigenvalue weighted by molar-refractivity contribution is -0.133. The molecule has 11 heteroatoms. The minimum Gasteiger partial charge on any atom is -0.336 e. The van der Waals surface area contributed by atoms with Gasteiger partial charge >= 0.3 is 0 Å². The number of aryl methyl sites for hydroxylation is 1. The third kappa shape index (κ3) is 4.39. The van der Waals surface area contributed by atoms with Crippen molar-refractivity contribution in [2.45, 2.75) is 10.3 Å². The largest absolute Gasteiger partial charge is 0.336 e. The topological polar surface area (TPSA) is 96.3 Å². The van der Waals surface area contributed by atoms with E-state index in [2.05, 4.69) is 15.0 Å². The zero-order valence-electron chi connectivity index (χ0n) is 13.6. The van der Waals surface area contributed by atoms with Crippen LogP contribution in [0.5, 0.6) is 0 Å². The van der Waals surface area contributed by atoms with E-state index in [4.69, 9.17) is 0 Å². The van der Waals surface area contributed by atoms with Gasteiger partial charge in [0.25, 0.3) is 10.0 Å². The molecule has 0 radical (unpaired) electrons. The monoisotopic (exact) mass is 405 g/mol. The van der Waals surface area contributed by atoms with Crippen LogP contribution in [0.25, 0.3) is 0 Å². The molecule has 2 aromatic heterocycles. The molecular weight excluding hydrogens is 386 g/mol. The Morgan fingerprint density at radius 2 is 2.32 bits per heavy atom. The molecule has 0 saturated carbocycles. The fourth-order valence-corrected chi connectivity index (χ4v) is 4.69. The quantitative estimate of drug-likeness (QED) is 0.748. The van der Waals surface area contributed by atoms with Crippen LogP contribution in [-0.2, 0) is 21.9 Å². The van der Waals surface area contributed by atoms with E-state index in [0.29, 0.717) is 19.6 Å². The number of amides is 1. The van der Waals surface area contributed by atoms with E-state index in [1.54, 1.807) is 22.5 Å². The summed E-state index contributed by atoms with van der Waals surface area (Å²) < 4.78 is 28.7. The molecule has 1 atom stereocenters. The van der Waals surface area contributed by atoms with Gasteiger partial charge in [0, 0.05) is 39.1 Å². The van der Waals surface area contributed by atoms with Crippen molar-refractivity contribution >= 4 is 39.7 Å². The molecule has 138 valence electrons. The molecule has 8 nitrogen and oxygen atoms in total. The van der Waals surface area contributed by atoms with E-state index in [1.165, 1.54) is 6.07 Å². The fourth-order valence-electron chi connectivity index (χ4n) is 2.68. The van der Waals surface area contributed by atoms with Crippen molar-refractivity contribution in [1.82, 2.24) is 24.5 Å². The van der Waals surface area contributed by atoms with Gasteiger partial charge in [-0.25, -0.2) is 18.1 Å². The maximum absolute atomic E-state index is 12.6. The molecule has 2 aromatic rings. The Bertz CT molecular complexity index is 806. The number of hydrogen-bond acceptors (Lipinski definition) is 6. The molecule has 0 aliphatic carbocycles. The van der Waals surface area contributed by atoms with Gasteiger partial charge in [-0.3, -0.25) is 4.79 Å². The second kappa shape index (κ2) is 8.28. The normalized spacial score (nSPS) is 18.0. The van der Waals surface area contributed by atoms with Crippen LogP contribution in [0.4, 0.5) is 0 Å². The standard InChI is InChI=1S/C14H19N5O3S2.ClH/c1-18-6-5-16-14(18)11-9-15-4-7-19(11)12(20)10-17-24(21,22)13-3-2-8-23-13;/h2-3,5-6,8,11,15,17H,4,7,9-10H2,1H3;1H. The van der Waals surface area contributed by atoms with Crippen LogP contribution >= 0.6 is 23.7 Å². The maximum atomic E-state index is 12.6. The van der Waals surface area contributed by atoms with Gasteiger partial charge in [-0.2, -0.15) is 0 Å². The van der Waals surface area contributed by atoms with Crippen molar-refractivity contribution in [3.63, 3.8) is 0 Å². The summed E-state index contributed by atoms with van der Waals surface area (Å²) in [7, 11) is -1.77. The summed E-state index contributed by atoms with van der Waals surface area (Å²) in [5.41, 5.74) is 0. The molecule has 2 N–H and O–H groups in total. The van der Waals surface area contributed by atoms with Crippen LogP contribution in [0.15, 0.2) is 34.1 Å². The molecule has 1 aliphatic rings. The number of imidazole rings is 1. The average molecular weight is 406 g/mol. The molecule has 3 rings (SSSR count). The molecule has 1 aliphatic heterocycles. The maximum Gasteiger partial charge on any atom is 0.250 e. The van der Waals surface area contributed by atoms with E-state index < -0.39 is 10.0 Å². The molecule has 25 heavy (non-hydrogen) atoms. The predicted octanol–water partition coefficient (Wildman–Crippen LogP) is 0.355. The van der Waals surface area contributed by atoms with Gasteiger partial charge < -0.3 is 14.8 Å². The molecule has 1 saturated heterocycles. The SMILES string of the molecule is Cl.Cn1ccnc1C1CNCCN1C(=O)CNS(=O)(=O)c1cccs1. The van der Waals surface area contributed by atoms with Gasteiger partial charge in [-0.05, 0) is 11.4 Å². The number of nitrogens with one attached hydrogen (secondary N) is 2. The number of thiophene rings is 1. The van der Waals surface area contributed by atoms with Gasteiger partial charge in [0.2, 0.25) is 5.91 Å². The van der Waals surface area contributed by atoms with Crippen molar-refractivity contribution in [2.24, 2.45) is 7.05 Å². The lowest BCUT2D eigenvalue weighted by Gasteiger charge is -2.35. The Morgan fingerprint density at radius 3 is 2.96 bits per heavy atom. The van der Waals surface area contributed by atoms with E-state index in [1.807, 2.05) is 17.8 Å². The number of sulfonamides is 1.